The Morgan fingerprint density at radius 1 is 1.14 bits per heavy atom. The monoisotopic (exact) mass is 396 g/mol. The van der Waals surface area contributed by atoms with Crippen molar-refractivity contribution in [2.24, 2.45) is 0 Å². The maximum absolute atomic E-state index is 12.2. The number of hydrogen-bond acceptors (Lipinski definition) is 5. The van der Waals surface area contributed by atoms with Crippen LogP contribution in [0.4, 0.5) is 10.8 Å². The smallest absolute Gasteiger partial charge is 0.258 e. The van der Waals surface area contributed by atoms with E-state index in [0.29, 0.717) is 23.5 Å². The molecule has 3 rings (SSSR count). The molecule has 144 valence electrons. The summed E-state index contributed by atoms with van der Waals surface area (Å²) in [4.78, 5) is 42.2. The number of hydrogen-bond donors (Lipinski definition) is 3. The van der Waals surface area contributed by atoms with Gasteiger partial charge in [-0.3, -0.25) is 19.7 Å². The van der Waals surface area contributed by atoms with Gasteiger partial charge in [-0.25, -0.2) is 4.98 Å². The molecule has 2 aromatic heterocycles. The number of carbonyl (C=O) groups excluding carboxylic acids is 2. The summed E-state index contributed by atoms with van der Waals surface area (Å²) in [5, 5.41) is 7.88. The predicted octanol–water partition coefficient (Wildman–Crippen LogP) is 3.22. The molecule has 28 heavy (non-hydrogen) atoms. The third-order valence-electron chi connectivity index (χ3n) is 4.10. The molecule has 0 spiro atoms. The van der Waals surface area contributed by atoms with Gasteiger partial charge in [0.05, 0.1) is 11.3 Å². The Morgan fingerprint density at radius 2 is 1.96 bits per heavy atom. The van der Waals surface area contributed by atoms with Gasteiger partial charge >= 0.3 is 0 Å². The maximum atomic E-state index is 12.2. The topological polar surface area (TPSA) is 104 Å². The molecule has 0 saturated carbocycles. The highest BCUT2D eigenvalue weighted by Crippen LogP contribution is 2.19. The maximum Gasteiger partial charge on any atom is 0.258 e. The summed E-state index contributed by atoms with van der Waals surface area (Å²) in [5.41, 5.74) is 2.73. The second-order valence-electron chi connectivity index (χ2n) is 6.10. The zero-order valence-electron chi connectivity index (χ0n) is 15.3. The highest BCUT2D eigenvalue weighted by atomic mass is 32.1. The molecular formula is C20H20N4O3S. The van der Waals surface area contributed by atoms with Crippen LogP contribution < -0.4 is 16.2 Å². The number of para-hydroxylation sites is 1. The number of thiazole rings is 1. The second-order valence-corrected chi connectivity index (χ2v) is 6.96. The van der Waals surface area contributed by atoms with Crippen LogP contribution >= 0.6 is 11.3 Å². The lowest BCUT2D eigenvalue weighted by Gasteiger charge is -2.09. The molecule has 2 heterocycles. The largest absolute Gasteiger partial charge is 0.328 e. The van der Waals surface area contributed by atoms with Crippen LogP contribution in [-0.2, 0) is 17.6 Å². The fourth-order valence-corrected chi connectivity index (χ4v) is 3.34. The number of anilines is 2. The Morgan fingerprint density at radius 3 is 2.71 bits per heavy atom. The van der Waals surface area contributed by atoms with E-state index in [0.717, 1.165) is 23.4 Å². The predicted molar refractivity (Wildman–Crippen MR) is 110 cm³/mol. The van der Waals surface area contributed by atoms with E-state index in [1.165, 1.54) is 29.7 Å². The number of aromatic nitrogens is 2. The Kier molecular flexibility index (Phi) is 6.33. The third-order valence-corrected chi connectivity index (χ3v) is 4.91. The number of aromatic amines is 1. The average molecular weight is 396 g/mol. The van der Waals surface area contributed by atoms with E-state index in [1.807, 2.05) is 36.6 Å². The average Bonchev–Trinajstić information content (AvgIpc) is 3.14. The number of H-pyrrole nitrogens is 1. The van der Waals surface area contributed by atoms with E-state index in [1.54, 1.807) is 0 Å². The zero-order valence-corrected chi connectivity index (χ0v) is 16.1. The summed E-state index contributed by atoms with van der Waals surface area (Å²) >= 11 is 1.29. The molecular weight excluding hydrogens is 376 g/mol. The van der Waals surface area contributed by atoms with Gasteiger partial charge in [0.1, 0.15) is 0 Å². The Labute approximate surface area is 165 Å². The molecule has 0 fully saturated rings. The number of amides is 2. The number of carbonyl (C=O) groups is 2. The van der Waals surface area contributed by atoms with Gasteiger partial charge in [0.25, 0.3) is 5.91 Å². The molecule has 0 atom stereocenters. The number of nitrogens with zero attached hydrogens (tertiary/aromatic N) is 1. The summed E-state index contributed by atoms with van der Waals surface area (Å²) in [7, 11) is 0. The first-order valence-corrected chi connectivity index (χ1v) is 9.75. The van der Waals surface area contributed by atoms with Gasteiger partial charge in [0.2, 0.25) is 11.5 Å². The first kappa shape index (κ1) is 19.5. The summed E-state index contributed by atoms with van der Waals surface area (Å²) in [6, 6.07) is 10.5. The minimum absolute atomic E-state index is 0.0762. The molecule has 3 N–H and O–H groups in total. The molecule has 7 nitrogen and oxygen atoms in total. The lowest BCUT2D eigenvalue weighted by atomic mass is 10.1. The summed E-state index contributed by atoms with van der Waals surface area (Å²) in [6.07, 6.45) is 2.98. The highest BCUT2D eigenvalue weighted by molar-refractivity contribution is 7.14. The third kappa shape index (κ3) is 5.14. The van der Waals surface area contributed by atoms with Gasteiger partial charge in [0.15, 0.2) is 5.13 Å². The Hall–Kier alpha value is -3.26. The minimum Gasteiger partial charge on any atom is -0.328 e. The van der Waals surface area contributed by atoms with Crippen molar-refractivity contribution in [1.82, 2.24) is 9.97 Å². The van der Waals surface area contributed by atoms with E-state index in [9.17, 15) is 14.4 Å². The summed E-state index contributed by atoms with van der Waals surface area (Å²) in [5.74, 6) is -0.432. The van der Waals surface area contributed by atoms with Crippen molar-refractivity contribution in [3.8, 4) is 0 Å². The molecule has 0 aliphatic carbocycles. The molecule has 1 aromatic carbocycles. The number of rotatable bonds is 7. The first-order valence-electron chi connectivity index (χ1n) is 8.87. The molecule has 0 unspecified atom stereocenters. The molecule has 0 radical (unpaired) electrons. The molecule has 0 bridgehead atoms. The highest BCUT2D eigenvalue weighted by Gasteiger charge is 2.11. The fourth-order valence-electron chi connectivity index (χ4n) is 2.61. The SMILES string of the molecule is CCc1ccccc1NC(=O)CCc1csc(NC(=O)c2ccc(=O)[nH]c2)n1. The van der Waals surface area contributed by atoms with E-state index in [4.69, 9.17) is 0 Å². The van der Waals surface area contributed by atoms with Gasteiger partial charge in [0, 0.05) is 29.8 Å². The molecule has 0 aliphatic heterocycles. The van der Waals surface area contributed by atoms with Crippen LogP contribution in [0.5, 0.6) is 0 Å². The van der Waals surface area contributed by atoms with Gasteiger partial charge in [-0.2, -0.15) is 0 Å². The van der Waals surface area contributed by atoms with Crippen molar-refractivity contribution in [2.75, 3.05) is 10.6 Å². The lowest BCUT2D eigenvalue weighted by Crippen LogP contribution is -2.15. The van der Waals surface area contributed by atoms with Gasteiger partial charge < -0.3 is 10.3 Å². The van der Waals surface area contributed by atoms with Crippen molar-refractivity contribution >= 4 is 34.0 Å². The van der Waals surface area contributed by atoms with Crippen molar-refractivity contribution in [3.05, 3.63) is 75.1 Å². The van der Waals surface area contributed by atoms with E-state index >= 15 is 0 Å². The van der Waals surface area contributed by atoms with Crippen LogP contribution in [0, 0.1) is 0 Å². The quantitative estimate of drug-likeness (QED) is 0.570. The van der Waals surface area contributed by atoms with E-state index in [2.05, 4.69) is 20.6 Å². The van der Waals surface area contributed by atoms with Crippen molar-refractivity contribution in [1.29, 1.82) is 0 Å². The zero-order chi connectivity index (χ0) is 19.9. The van der Waals surface area contributed by atoms with Gasteiger partial charge in [-0.15, -0.1) is 11.3 Å². The number of aryl methyl sites for hydroxylation is 2. The van der Waals surface area contributed by atoms with E-state index < -0.39 is 0 Å². The molecule has 3 aromatic rings. The first-order chi connectivity index (χ1) is 13.5. The second kappa shape index (κ2) is 9.09. The standard InChI is InChI=1S/C20H20N4O3S/c1-2-13-5-3-4-6-16(13)23-18(26)10-8-15-12-28-20(22-15)24-19(27)14-7-9-17(25)21-11-14/h3-7,9,11-12H,2,8,10H2,1H3,(H,21,25)(H,23,26)(H,22,24,27). The minimum atomic E-state index is -0.355. The molecule has 8 heteroatoms. The van der Waals surface area contributed by atoms with Crippen LogP contribution in [-0.4, -0.2) is 21.8 Å². The van der Waals surface area contributed by atoms with Crippen LogP contribution in [0.3, 0.4) is 0 Å². The number of nitrogens with one attached hydrogen (secondary N) is 3. The van der Waals surface area contributed by atoms with E-state index in [-0.39, 0.29) is 17.4 Å². The molecule has 2 amide bonds. The lowest BCUT2D eigenvalue weighted by molar-refractivity contribution is -0.116. The van der Waals surface area contributed by atoms with Crippen molar-refractivity contribution in [2.45, 2.75) is 26.2 Å². The van der Waals surface area contributed by atoms with Crippen LogP contribution in [0.1, 0.15) is 35.0 Å². The normalized spacial score (nSPS) is 10.5. The van der Waals surface area contributed by atoms with Crippen LogP contribution in [0.15, 0.2) is 52.8 Å². The van der Waals surface area contributed by atoms with Gasteiger partial charge in [-0.05, 0) is 30.5 Å². The molecule has 0 saturated heterocycles. The Balaban J connectivity index is 1.53. The van der Waals surface area contributed by atoms with Crippen LogP contribution in [0.2, 0.25) is 0 Å². The van der Waals surface area contributed by atoms with Crippen molar-refractivity contribution < 1.29 is 9.59 Å². The molecule has 0 aliphatic rings. The summed E-state index contributed by atoms with van der Waals surface area (Å²) < 4.78 is 0. The number of benzene rings is 1. The fraction of sp³-hybridized carbons (Fsp3) is 0.200. The number of pyridine rings is 1. The van der Waals surface area contributed by atoms with Crippen molar-refractivity contribution in [3.63, 3.8) is 0 Å². The van der Waals surface area contributed by atoms with Gasteiger partial charge in [-0.1, -0.05) is 25.1 Å². The van der Waals surface area contributed by atoms with Crippen LogP contribution in [0.25, 0.3) is 0 Å². The Bertz CT molecular complexity index is 1020. The summed E-state index contributed by atoms with van der Waals surface area (Å²) in [6.45, 7) is 2.04.